The van der Waals surface area contributed by atoms with Crippen molar-refractivity contribution in [2.45, 2.75) is 11.8 Å². The molecule has 0 radical (unpaired) electrons. The second kappa shape index (κ2) is 6.24. The summed E-state index contributed by atoms with van der Waals surface area (Å²) in [6.45, 7) is 2.27. The Morgan fingerprint density at radius 2 is 2.10 bits per heavy atom. The van der Waals surface area contributed by atoms with Crippen LogP contribution in [-0.2, 0) is 19.6 Å². The maximum atomic E-state index is 12.6. The number of halogens is 2. The zero-order valence-corrected chi connectivity index (χ0v) is 14.7. The van der Waals surface area contributed by atoms with E-state index in [2.05, 4.69) is 15.9 Å². The molecular formula is C13H15BrClNO4S. The quantitative estimate of drug-likeness (QED) is 0.737. The third kappa shape index (κ3) is 3.26. The average molecular weight is 397 g/mol. The number of carbonyl (C=O) groups excluding carboxylic acids is 1. The van der Waals surface area contributed by atoms with E-state index in [0.717, 1.165) is 0 Å². The highest BCUT2D eigenvalue weighted by molar-refractivity contribution is 9.10. The topological polar surface area (TPSA) is 63.7 Å². The summed E-state index contributed by atoms with van der Waals surface area (Å²) < 4.78 is 31.8. The van der Waals surface area contributed by atoms with Gasteiger partial charge in [-0.1, -0.05) is 18.5 Å². The maximum Gasteiger partial charge on any atom is 0.310 e. The number of carbonyl (C=O) groups is 1. The van der Waals surface area contributed by atoms with Gasteiger partial charge in [0.05, 0.1) is 22.9 Å². The van der Waals surface area contributed by atoms with Crippen molar-refractivity contribution in [2.24, 2.45) is 11.8 Å². The van der Waals surface area contributed by atoms with Gasteiger partial charge in [-0.3, -0.25) is 4.79 Å². The van der Waals surface area contributed by atoms with Gasteiger partial charge in [0.25, 0.3) is 0 Å². The Bertz CT molecular complexity index is 664. The first-order chi connectivity index (χ1) is 9.77. The van der Waals surface area contributed by atoms with Crippen LogP contribution < -0.4 is 0 Å². The summed E-state index contributed by atoms with van der Waals surface area (Å²) in [5, 5.41) is 0.441. The van der Waals surface area contributed by atoms with Gasteiger partial charge in [-0.05, 0) is 40.0 Å². The van der Waals surface area contributed by atoms with E-state index in [4.69, 9.17) is 16.3 Å². The minimum absolute atomic E-state index is 0.0806. The molecule has 1 fully saturated rings. The van der Waals surface area contributed by atoms with Gasteiger partial charge in [0.2, 0.25) is 10.0 Å². The van der Waals surface area contributed by atoms with E-state index in [1.54, 1.807) is 0 Å². The summed E-state index contributed by atoms with van der Waals surface area (Å²) >= 11 is 9.10. The highest BCUT2D eigenvalue weighted by Gasteiger charge is 2.41. The lowest BCUT2D eigenvalue weighted by Crippen LogP contribution is -2.30. The Hall–Kier alpha value is -0.630. The summed E-state index contributed by atoms with van der Waals surface area (Å²) in [7, 11) is -2.34. The van der Waals surface area contributed by atoms with E-state index in [-0.39, 0.29) is 23.3 Å². The number of ether oxygens (including phenoxy) is 1. The number of nitrogens with zero attached hydrogens (tertiary/aromatic N) is 1. The molecule has 5 nitrogen and oxygen atoms in total. The van der Waals surface area contributed by atoms with E-state index in [1.807, 2.05) is 6.92 Å². The predicted octanol–water partition coefficient (Wildman–Crippen LogP) is 2.53. The highest BCUT2D eigenvalue weighted by Crippen LogP contribution is 2.31. The molecular weight excluding hydrogens is 382 g/mol. The Labute approximate surface area is 137 Å². The van der Waals surface area contributed by atoms with Gasteiger partial charge < -0.3 is 4.74 Å². The lowest BCUT2D eigenvalue weighted by molar-refractivity contribution is -0.145. The molecule has 0 bridgehead atoms. The SMILES string of the molecule is COC(=O)C1CN(S(=O)(=O)c2ccc(Cl)c(Br)c2)CC1C. The van der Waals surface area contributed by atoms with Crippen LogP contribution in [0.15, 0.2) is 27.6 Å². The lowest BCUT2D eigenvalue weighted by Gasteiger charge is -2.16. The third-order valence-corrected chi connectivity index (χ3v) is 6.65. The van der Waals surface area contributed by atoms with Crippen LogP contribution in [-0.4, -0.2) is 38.9 Å². The van der Waals surface area contributed by atoms with Crippen LogP contribution >= 0.6 is 27.5 Å². The standard InChI is InChI=1S/C13H15BrClNO4S/c1-8-6-16(7-10(8)13(17)20-2)21(18,19)9-3-4-12(15)11(14)5-9/h3-5,8,10H,6-7H2,1-2H3. The zero-order valence-electron chi connectivity index (χ0n) is 11.5. The minimum Gasteiger partial charge on any atom is -0.469 e. The average Bonchev–Trinajstić information content (AvgIpc) is 2.83. The molecule has 2 rings (SSSR count). The van der Waals surface area contributed by atoms with E-state index < -0.39 is 15.9 Å². The first kappa shape index (κ1) is 16.7. The van der Waals surface area contributed by atoms with E-state index in [9.17, 15) is 13.2 Å². The molecule has 2 atom stereocenters. The number of esters is 1. The Balaban J connectivity index is 2.29. The minimum atomic E-state index is -3.65. The molecule has 1 aliphatic rings. The fourth-order valence-corrected chi connectivity index (χ4v) is 4.60. The van der Waals surface area contributed by atoms with Crippen molar-refractivity contribution in [3.8, 4) is 0 Å². The molecule has 1 aromatic carbocycles. The van der Waals surface area contributed by atoms with Crippen LogP contribution in [0.3, 0.4) is 0 Å². The number of methoxy groups -OCH3 is 1. The van der Waals surface area contributed by atoms with Crippen molar-refractivity contribution < 1.29 is 17.9 Å². The van der Waals surface area contributed by atoms with Crippen LogP contribution in [0.5, 0.6) is 0 Å². The number of rotatable bonds is 3. The predicted molar refractivity (Wildman–Crippen MR) is 82.6 cm³/mol. The molecule has 2 unspecified atom stereocenters. The lowest BCUT2D eigenvalue weighted by atomic mass is 9.99. The van der Waals surface area contributed by atoms with Gasteiger partial charge in [0.15, 0.2) is 0 Å². The van der Waals surface area contributed by atoms with Gasteiger partial charge in [0, 0.05) is 17.6 Å². The third-order valence-electron chi connectivity index (χ3n) is 3.61. The second-order valence-electron chi connectivity index (χ2n) is 5.00. The van der Waals surface area contributed by atoms with E-state index >= 15 is 0 Å². The second-order valence-corrected chi connectivity index (χ2v) is 8.20. The molecule has 0 N–H and O–H groups in total. The monoisotopic (exact) mass is 395 g/mol. The van der Waals surface area contributed by atoms with Crippen LogP contribution in [0.25, 0.3) is 0 Å². The van der Waals surface area contributed by atoms with E-state index in [1.165, 1.54) is 29.6 Å². The van der Waals surface area contributed by atoms with Crippen LogP contribution in [0.4, 0.5) is 0 Å². The number of benzene rings is 1. The van der Waals surface area contributed by atoms with Gasteiger partial charge >= 0.3 is 5.97 Å². The maximum absolute atomic E-state index is 12.6. The Kier molecular flexibility index (Phi) is 4.97. The largest absolute Gasteiger partial charge is 0.469 e. The van der Waals surface area contributed by atoms with E-state index in [0.29, 0.717) is 16.0 Å². The normalized spacial score (nSPS) is 23.2. The summed E-state index contributed by atoms with van der Waals surface area (Å²) in [5.41, 5.74) is 0. The molecule has 1 heterocycles. The van der Waals surface area contributed by atoms with Gasteiger partial charge in [0.1, 0.15) is 0 Å². The van der Waals surface area contributed by atoms with Crippen molar-refractivity contribution in [1.29, 1.82) is 0 Å². The smallest absolute Gasteiger partial charge is 0.310 e. The number of hydrogen-bond donors (Lipinski definition) is 0. The van der Waals surface area contributed by atoms with Crippen LogP contribution in [0.2, 0.25) is 5.02 Å². The van der Waals surface area contributed by atoms with Crippen molar-refractivity contribution in [3.63, 3.8) is 0 Å². The van der Waals surface area contributed by atoms with Crippen LogP contribution in [0, 0.1) is 11.8 Å². The molecule has 0 aromatic heterocycles. The molecule has 116 valence electrons. The molecule has 0 aliphatic carbocycles. The first-order valence-electron chi connectivity index (χ1n) is 6.30. The Morgan fingerprint density at radius 3 is 2.67 bits per heavy atom. The molecule has 0 amide bonds. The van der Waals surface area contributed by atoms with Gasteiger partial charge in [-0.2, -0.15) is 4.31 Å². The summed E-state index contributed by atoms with van der Waals surface area (Å²) in [4.78, 5) is 11.8. The molecule has 8 heteroatoms. The summed E-state index contributed by atoms with van der Waals surface area (Å²) in [6.07, 6.45) is 0. The van der Waals surface area contributed by atoms with Crippen LogP contribution in [0.1, 0.15) is 6.92 Å². The molecule has 1 aliphatic heterocycles. The van der Waals surface area contributed by atoms with Crippen molar-refractivity contribution in [1.82, 2.24) is 4.31 Å². The first-order valence-corrected chi connectivity index (χ1v) is 8.91. The van der Waals surface area contributed by atoms with Crippen molar-refractivity contribution in [3.05, 3.63) is 27.7 Å². The summed E-state index contributed by atoms with van der Waals surface area (Å²) in [6, 6.07) is 4.45. The zero-order chi connectivity index (χ0) is 15.8. The number of sulfonamides is 1. The fourth-order valence-electron chi connectivity index (χ4n) is 2.36. The van der Waals surface area contributed by atoms with Gasteiger partial charge in [-0.15, -0.1) is 0 Å². The summed E-state index contributed by atoms with van der Waals surface area (Å²) in [5.74, 6) is -0.888. The molecule has 0 spiro atoms. The molecule has 1 saturated heterocycles. The molecule has 0 saturated carbocycles. The molecule has 21 heavy (non-hydrogen) atoms. The van der Waals surface area contributed by atoms with Crippen molar-refractivity contribution >= 4 is 43.5 Å². The number of hydrogen-bond acceptors (Lipinski definition) is 4. The molecule has 1 aromatic rings. The fraction of sp³-hybridized carbons (Fsp3) is 0.462. The van der Waals surface area contributed by atoms with Gasteiger partial charge in [-0.25, -0.2) is 8.42 Å². The highest BCUT2D eigenvalue weighted by atomic mass is 79.9. The Morgan fingerprint density at radius 1 is 1.43 bits per heavy atom. The van der Waals surface area contributed by atoms with Crippen molar-refractivity contribution in [2.75, 3.05) is 20.2 Å².